The third-order valence-corrected chi connectivity index (χ3v) is 1.32. The third kappa shape index (κ3) is 1.43. The molecule has 1 rings (SSSR count). The van der Waals surface area contributed by atoms with Crippen LogP contribution in [0.4, 0.5) is 11.4 Å². The number of anilines is 1. The quantitative estimate of drug-likeness (QED) is 0.479. The van der Waals surface area contributed by atoms with Gasteiger partial charge in [-0.2, -0.15) is 0 Å². The van der Waals surface area contributed by atoms with Crippen LogP contribution in [0.5, 0.6) is 0 Å². The Morgan fingerprint density at radius 1 is 1.73 bits per heavy atom. The van der Waals surface area contributed by atoms with Crippen molar-refractivity contribution >= 4 is 11.4 Å². The van der Waals surface area contributed by atoms with Gasteiger partial charge in [0.15, 0.2) is 0 Å². The van der Waals surface area contributed by atoms with E-state index >= 15 is 0 Å². The first-order valence-corrected chi connectivity index (χ1v) is 2.98. The minimum absolute atomic E-state index is 0.0758. The van der Waals surface area contributed by atoms with Crippen molar-refractivity contribution in [3.8, 4) is 0 Å². The summed E-state index contributed by atoms with van der Waals surface area (Å²) < 4.78 is 0. The third-order valence-electron chi connectivity index (χ3n) is 1.32. The molecule has 0 fully saturated rings. The van der Waals surface area contributed by atoms with Gasteiger partial charge in [-0.25, -0.2) is 0 Å². The topological polar surface area (TPSA) is 82.0 Å². The van der Waals surface area contributed by atoms with Crippen molar-refractivity contribution in [2.75, 3.05) is 5.73 Å². The number of nitrogens with two attached hydrogens (primary N) is 1. The summed E-state index contributed by atoms with van der Waals surface area (Å²) >= 11 is 0. The largest absolute Gasteiger partial charge is 0.397 e. The summed E-state index contributed by atoms with van der Waals surface area (Å²) in [6.07, 6.45) is 1.19. The molecular formula is C6H7N3O2. The van der Waals surface area contributed by atoms with E-state index in [-0.39, 0.29) is 5.69 Å². The van der Waals surface area contributed by atoms with Crippen molar-refractivity contribution < 1.29 is 4.92 Å². The molecule has 0 unspecified atom stereocenters. The van der Waals surface area contributed by atoms with Crippen LogP contribution in [0.25, 0.3) is 0 Å². The van der Waals surface area contributed by atoms with E-state index in [9.17, 15) is 10.1 Å². The number of hydrogen-bond acceptors (Lipinski definition) is 4. The lowest BCUT2D eigenvalue weighted by Crippen LogP contribution is -1.95. The Morgan fingerprint density at radius 3 is 2.82 bits per heavy atom. The van der Waals surface area contributed by atoms with Crippen molar-refractivity contribution in [1.82, 2.24) is 4.98 Å². The predicted molar refractivity (Wildman–Crippen MR) is 40.0 cm³/mol. The fourth-order valence-corrected chi connectivity index (χ4v) is 0.638. The highest BCUT2D eigenvalue weighted by atomic mass is 16.6. The van der Waals surface area contributed by atoms with E-state index in [4.69, 9.17) is 5.73 Å². The summed E-state index contributed by atoms with van der Waals surface area (Å²) in [6.45, 7) is 1.69. The van der Waals surface area contributed by atoms with Gasteiger partial charge in [0.2, 0.25) is 0 Å². The highest BCUT2D eigenvalue weighted by molar-refractivity contribution is 5.48. The van der Waals surface area contributed by atoms with Gasteiger partial charge in [0.25, 0.3) is 5.69 Å². The number of nitro groups is 1. The van der Waals surface area contributed by atoms with Gasteiger partial charge in [0, 0.05) is 6.07 Å². The lowest BCUT2D eigenvalue weighted by Gasteiger charge is -1.96. The molecule has 0 atom stereocenters. The normalized spacial score (nSPS) is 9.55. The molecule has 0 bridgehead atoms. The van der Waals surface area contributed by atoms with Gasteiger partial charge in [-0.15, -0.1) is 0 Å². The lowest BCUT2D eigenvalue weighted by atomic mass is 10.3. The van der Waals surface area contributed by atoms with E-state index in [2.05, 4.69) is 4.98 Å². The Balaban J connectivity index is 3.15. The maximum atomic E-state index is 10.2. The Morgan fingerprint density at radius 2 is 2.36 bits per heavy atom. The average molecular weight is 153 g/mol. The molecule has 0 aliphatic rings. The van der Waals surface area contributed by atoms with Gasteiger partial charge in [0.1, 0.15) is 6.20 Å². The average Bonchev–Trinajstić information content (AvgIpc) is 1.94. The highest BCUT2D eigenvalue weighted by Crippen LogP contribution is 2.15. The van der Waals surface area contributed by atoms with Crippen molar-refractivity contribution in [3.63, 3.8) is 0 Å². The zero-order chi connectivity index (χ0) is 8.43. The van der Waals surface area contributed by atoms with E-state index < -0.39 is 4.92 Å². The van der Waals surface area contributed by atoms with Crippen LogP contribution in [0.3, 0.4) is 0 Å². The van der Waals surface area contributed by atoms with Gasteiger partial charge in [-0.05, 0) is 6.92 Å². The van der Waals surface area contributed by atoms with Crippen LogP contribution in [0.2, 0.25) is 0 Å². The van der Waals surface area contributed by atoms with Crippen LogP contribution < -0.4 is 5.73 Å². The molecule has 1 aromatic heterocycles. The molecule has 5 nitrogen and oxygen atoms in total. The van der Waals surface area contributed by atoms with Crippen LogP contribution >= 0.6 is 0 Å². The maximum absolute atomic E-state index is 10.2. The van der Waals surface area contributed by atoms with Crippen LogP contribution in [-0.4, -0.2) is 9.91 Å². The standard InChI is InChI=1S/C6H7N3O2/c1-4-6(7)2-5(3-8-4)9(10)11/h2-3H,7H2,1H3. The Labute approximate surface area is 63.0 Å². The molecule has 0 radical (unpaired) electrons. The molecule has 1 aromatic rings. The molecule has 11 heavy (non-hydrogen) atoms. The Bertz CT molecular complexity index is 298. The Hall–Kier alpha value is -1.65. The number of nitrogen functional groups attached to an aromatic ring is 1. The first kappa shape index (κ1) is 7.46. The van der Waals surface area contributed by atoms with Gasteiger partial charge in [0.05, 0.1) is 16.3 Å². The first-order valence-electron chi connectivity index (χ1n) is 2.98. The molecule has 0 aliphatic carbocycles. The molecular weight excluding hydrogens is 146 g/mol. The van der Waals surface area contributed by atoms with Crippen LogP contribution in [0.1, 0.15) is 5.69 Å². The number of hydrogen-bond donors (Lipinski definition) is 1. The SMILES string of the molecule is Cc1ncc([N+](=O)[O-])cc1N. The summed E-state index contributed by atoms with van der Waals surface area (Å²) in [6, 6.07) is 1.29. The fourth-order valence-electron chi connectivity index (χ4n) is 0.638. The van der Waals surface area contributed by atoms with Gasteiger partial charge in [-0.3, -0.25) is 15.1 Å². The highest BCUT2D eigenvalue weighted by Gasteiger charge is 2.06. The van der Waals surface area contributed by atoms with E-state index in [1.807, 2.05) is 0 Å². The number of nitrogens with zero attached hydrogens (tertiary/aromatic N) is 2. The summed E-state index contributed by atoms with van der Waals surface area (Å²) in [5.74, 6) is 0. The van der Waals surface area contributed by atoms with Crippen molar-refractivity contribution in [2.45, 2.75) is 6.92 Å². The number of pyridine rings is 1. The zero-order valence-corrected chi connectivity index (χ0v) is 5.94. The molecule has 0 saturated carbocycles. The number of aryl methyl sites for hydroxylation is 1. The second-order valence-electron chi connectivity index (χ2n) is 2.13. The van der Waals surface area contributed by atoms with Crippen molar-refractivity contribution in [2.24, 2.45) is 0 Å². The zero-order valence-electron chi connectivity index (χ0n) is 5.94. The maximum Gasteiger partial charge on any atom is 0.289 e. The summed E-state index contributed by atoms with van der Waals surface area (Å²) in [5.41, 5.74) is 6.27. The van der Waals surface area contributed by atoms with Gasteiger partial charge in [-0.1, -0.05) is 0 Å². The smallest absolute Gasteiger partial charge is 0.289 e. The molecule has 0 aromatic carbocycles. The molecule has 0 aliphatic heterocycles. The molecule has 2 N–H and O–H groups in total. The summed E-state index contributed by atoms with van der Waals surface area (Å²) in [7, 11) is 0. The lowest BCUT2D eigenvalue weighted by molar-refractivity contribution is -0.385. The van der Waals surface area contributed by atoms with Gasteiger partial charge < -0.3 is 5.73 Å². The van der Waals surface area contributed by atoms with Crippen LogP contribution in [-0.2, 0) is 0 Å². The van der Waals surface area contributed by atoms with E-state index in [0.29, 0.717) is 11.4 Å². The number of rotatable bonds is 1. The minimum Gasteiger partial charge on any atom is -0.397 e. The van der Waals surface area contributed by atoms with E-state index in [1.165, 1.54) is 12.3 Å². The van der Waals surface area contributed by atoms with Gasteiger partial charge >= 0.3 is 0 Å². The molecule has 0 amide bonds. The first-order chi connectivity index (χ1) is 5.11. The monoisotopic (exact) mass is 153 g/mol. The molecule has 0 saturated heterocycles. The summed E-state index contributed by atoms with van der Waals surface area (Å²) in [5, 5.41) is 10.2. The Kier molecular flexibility index (Phi) is 1.72. The molecule has 5 heteroatoms. The van der Waals surface area contributed by atoms with Crippen molar-refractivity contribution in [1.29, 1.82) is 0 Å². The minimum atomic E-state index is -0.525. The fraction of sp³-hybridized carbons (Fsp3) is 0.167. The molecule has 58 valence electrons. The van der Waals surface area contributed by atoms with E-state index in [1.54, 1.807) is 6.92 Å². The van der Waals surface area contributed by atoms with E-state index in [0.717, 1.165) is 0 Å². The van der Waals surface area contributed by atoms with Crippen LogP contribution in [0.15, 0.2) is 12.3 Å². The summed E-state index contributed by atoms with van der Waals surface area (Å²) in [4.78, 5) is 13.4. The van der Waals surface area contributed by atoms with Crippen LogP contribution in [0, 0.1) is 17.0 Å². The van der Waals surface area contributed by atoms with Crippen molar-refractivity contribution in [3.05, 3.63) is 28.1 Å². The second-order valence-corrected chi connectivity index (χ2v) is 2.13. The number of aromatic nitrogens is 1. The molecule has 1 heterocycles. The predicted octanol–water partition coefficient (Wildman–Crippen LogP) is 0.880. The second kappa shape index (κ2) is 2.53. The molecule has 0 spiro atoms.